The molecule has 1 aliphatic rings. The molecule has 2 heterocycles. The van der Waals surface area contributed by atoms with Gasteiger partial charge in [-0.2, -0.15) is 21.4 Å². The summed E-state index contributed by atoms with van der Waals surface area (Å²) in [7, 11) is -8.31. The highest BCUT2D eigenvalue weighted by Crippen LogP contribution is 2.42. The molecule has 0 amide bonds. The summed E-state index contributed by atoms with van der Waals surface area (Å²) in [5.41, 5.74) is 6.98. The average molecular weight is 702 g/mol. The van der Waals surface area contributed by atoms with Gasteiger partial charge in [0, 0.05) is 25.1 Å². The van der Waals surface area contributed by atoms with Crippen LogP contribution in [0.5, 0.6) is 5.75 Å². The maximum Gasteiger partial charge on any atom is 0.374 e. The minimum absolute atomic E-state index is 0.167. The Morgan fingerprint density at radius 2 is 1.39 bits per heavy atom. The van der Waals surface area contributed by atoms with Crippen LogP contribution in [0.15, 0.2) is 119 Å². The molecular formula is C37H37N2O8S2+. The maximum atomic E-state index is 11.6. The zero-order valence-corrected chi connectivity index (χ0v) is 28.5. The highest BCUT2D eigenvalue weighted by molar-refractivity contribution is 7.86. The molecule has 0 saturated heterocycles. The third kappa shape index (κ3) is 8.46. The Labute approximate surface area is 286 Å². The number of nitrogens with zero attached hydrogens (tertiary/aromatic N) is 2. The number of aryl methyl sites for hydroxylation is 1. The summed E-state index contributed by atoms with van der Waals surface area (Å²) in [6.07, 6.45) is 4.66. The Hall–Kier alpha value is -4.75. The molecule has 5 aromatic rings. The van der Waals surface area contributed by atoms with E-state index in [1.54, 1.807) is 0 Å². The quantitative estimate of drug-likeness (QED) is 0.0969. The van der Waals surface area contributed by atoms with Crippen LogP contribution in [0.4, 0.5) is 5.69 Å². The van der Waals surface area contributed by atoms with Gasteiger partial charge >= 0.3 is 5.89 Å². The SMILES string of the molecule is CCC(=C\c1oc2ccc(-c3ccccc3)cc2[n+]1CCCS(=O)(=O)O)/C=C1/Oc2ccc(-c3ccccc3)cc2N1CCCS(=O)(=O)O. The van der Waals surface area contributed by atoms with E-state index < -0.39 is 31.7 Å². The van der Waals surface area contributed by atoms with Crippen molar-refractivity contribution in [3.05, 3.63) is 120 Å². The molecule has 2 N–H and O–H groups in total. The molecule has 0 spiro atoms. The highest BCUT2D eigenvalue weighted by Gasteiger charge is 2.28. The van der Waals surface area contributed by atoms with Gasteiger partial charge in [-0.05, 0) is 58.9 Å². The van der Waals surface area contributed by atoms with Gasteiger partial charge in [0.25, 0.3) is 25.8 Å². The fraction of sp³-hybridized carbons (Fsp3) is 0.216. The molecule has 4 aromatic carbocycles. The van der Waals surface area contributed by atoms with E-state index in [0.717, 1.165) is 39.0 Å². The van der Waals surface area contributed by atoms with Gasteiger partial charge in [0.2, 0.25) is 11.5 Å². The van der Waals surface area contributed by atoms with E-state index in [-0.39, 0.29) is 25.9 Å². The summed E-state index contributed by atoms with van der Waals surface area (Å²) in [6.45, 7) is 2.53. The number of hydrogen-bond donors (Lipinski definition) is 2. The first-order valence-electron chi connectivity index (χ1n) is 16.0. The summed E-state index contributed by atoms with van der Waals surface area (Å²) in [6, 6.07) is 31.5. The number of oxazole rings is 1. The van der Waals surface area contributed by atoms with Gasteiger partial charge in [-0.1, -0.05) is 79.7 Å². The fourth-order valence-electron chi connectivity index (χ4n) is 5.87. The molecule has 254 valence electrons. The van der Waals surface area contributed by atoms with E-state index >= 15 is 0 Å². The van der Waals surface area contributed by atoms with Crippen molar-refractivity contribution in [3.63, 3.8) is 0 Å². The molecule has 10 nitrogen and oxygen atoms in total. The molecule has 1 aliphatic heterocycles. The summed E-state index contributed by atoms with van der Waals surface area (Å²) in [5, 5.41) is 0. The van der Waals surface area contributed by atoms with Crippen LogP contribution in [-0.4, -0.2) is 44.0 Å². The third-order valence-electron chi connectivity index (χ3n) is 8.27. The van der Waals surface area contributed by atoms with E-state index in [1.165, 1.54) is 0 Å². The van der Waals surface area contributed by atoms with Crippen LogP contribution in [0, 0.1) is 0 Å². The Bertz CT molecular complexity index is 2250. The lowest BCUT2D eigenvalue weighted by molar-refractivity contribution is -0.677. The maximum absolute atomic E-state index is 11.6. The minimum Gasteiger partial charge on any atom is -0.439 e. The smallest absolute Gasteiger partial charge is 0.374 e. The van der Waals surface area contributed by atoms with Crippen LogP contribution < -0.4 is 14.2 Å². The van der Waals surface area contributed by atoms with Crippen LogP contribution in [0.1, 0.15) is 32.1 Å². The van der Waals surface area contributed by atoms with Crippen LogP contribution in [-0.2, 0) is 26.8 Å². The summed E-state index contributed by atoms with van der Waals surface area (Å²) in [5.74, 6) is 0.807. The standard InChI is InChI=1S/C37H36N2O8S2/c1-2-27(23-36-38(19-9-21-48(40,41)42)32-25-30(15-17-34(32)46-36)28-11-5-3-6-12-28)24-37-39(20-10-22-49(43,44)45)33-26-31(16-18-35(33)47-37)29-13-7-4-8-14-29/h3-8,11-18,23-26H,2,9-10,19-22H2,1H3,(H-,40,41,42,43,44,45)/p+1. The predicted octanol–water partition coefficient (Wildman–Crippen LogP) is 7.14. The van der Waals surface area contributed by atoms with Crippen molar-refractivity contribution in [1.29, 1.82) is 0 Å². The largest absolute Gasteiger partial charge is 0.439 e. The topological polar surface area (TPSA) is 138 Å². The van der Waals surface area contributed by atoms with Crippen molar-refractivity contribution < 1.29 is 39.7 Å². The normalized spacial score (nSPS) is 14.4. The van der Waals surface area contributed by atoms with Crippen LogP contribution in [0.2, 0.25) is 0 Å². The van der Waals surface area contributed by atoms with Gasteiger partial charge in [0.1, 0.15) is 0 Å². The van der Waals surface area contributed by atoms with Gasteiger partial charge in [-0.15, -0.1) is 0 Å². The molecule has 12 heteroatoms. The van der Waals surface area contributed by atoms with E-state index in [0.29, 0.717) is 29.5 Å². The Morgan fingerprint density at radius 1 is 0.776 bits per heavy atom. The first-order chi connectivity index (χ1) is 23.5. The van der Waals surface area contributed by atoms with Gasteiger partial charge in [-0.25, -0.2) is 0 Å². The van der Waals surface area contributed by atoms with Crippen LogP contribution in [0.3, 0.4) is 0 Å². The van der Waals surface area contributed by atoms with Crippen molar-refractivity contribution in [2.45, 2.75) is 32.7 Å². The molecule has 0 aliphatic carbocycles. The second-order valence-electron chi connectivity index (χ2n) is 11.8. The van der Waals surface area contributed by atoms with E-state index in [9.17, 15) is 25.9 Å². The summed E-state index contributed by atoms with van der Waals surface area (Å²) in [4.78, 5) is 1.90. The van der Waals surface area contributed by atoms with Gasteiger partial charge in [0.15, 0.2) is 12.3 Å². The summed E-state index contributed by atoms with van der Waals surface area (Å²) < 4.78 is 79.6. The molecular weight excluding hydrogens is 665 g/mol. The van der Waals surface area contributed by atoms with Crippen molar-refractivity contribution in [2.75, 3.05) is 23.0 Å². The van der Waals surface area contributed by atoms with Crippen molar-refractivity contribution >= 4 is 43.1 Å². The molecule has 0 unspecified atom stereocenters. The van der Waals surface area contributed by atoms with E-state index in [2.05, 4.69) is 0 Å². The van der Waals surface area contributed by atoms with Crippen LogP contribution >= 0.6 is 0 Å². The molecule has 0 saturated carbocycles. The predicted molar refractivity (Wildman–Crippen MR) is 190 cm³/mol. The lowest BCUT2D eigenvalue weighted by Crippen LogP contribution is -2.36. The molecule has 0 atom stereocenters. The Balaban J connectivity index is 1.39. The highest BCUT2D eigenvalue weighted by atomic mass is 32.2. The molecule has 0 radical (unpaired) electrons. The molecule has 0 fully saturated rings. The van der Waals surface area contributed by atoms with Gasteiger partial charge in [0.05, 0.1) is 23.3 Å². The number of fused-ring (bicyclic) bond motifs is 2. The minimum atomic E-state index is -4.15. The number of ether oxygens (including phenoxy) is 1. The third-order valence-corrected chi connectivity index (χ3v) is 9.88. The average Bonchev–Trinajstić information content (AvgIpc) is 3.60. The summed E-state index contributed by atoms with van der Waals surface area (Å²) >= 11 is 0. The lowest BCUT2D eigenvalue weighted by Gasteiger charge is -2.19. The molecule has 6 rings (SSSR count). The zero-order valence-electron chi connectivity index (χ0n) is 26.9. The lowest BCUT2D eigenvalue weighted by atomic mass is 10.0. The number of allylic oxidation sites excluding steroid dienone is 2. The molecule has 49 heavy (non-hydrogen) atoms. The zero-order chi connectivity index (χ0) is 34.6. The first-order valence-corrected chi connectivity index (χ1v) is 19.2. The van der Waals surface area contributed by atoms with Crippen molar-refractivity contribution in [1.82, 2.24) is 0 Å². The fourth-order valence-corrected chi connectivity index (χ4v) is 6.86. The second-order valence-corrected chi connectivity index (χ2v) is 14.9. The van der Waals surface area contributed by atoms with Crippen molar-refractivity contribution in [3.8, 4) is 28.0 Å². The monoisotopic (exact) mass is 701 g/mol. The van der Waals surface area contributed by atoms with E-state index in [1.807, 2.05) is 126 Å². The number of rotatable bonds is 13. The first kappa shape index (κ1) is 34.1. The number of anilines is 1. The number of aromatic nitrogens is 1. The van der Waals surface area contributed by atoms with Gasteiger partial charge in [-0.3, -0.25) is 9.11 Å². The Kier molecular flexibility index (Phi) is 10.0. The Morgan fingerprint density at radius 3 is 2.02 bits per heavy atom. The van der Waals surface area contributed by atoms with E-state index in [4.69, 9.17) is 9.15 Å². The van der Waals surface area contributed by atoms with Crippen molar-refractivity contribution in [2.24, 2.45) is 0 Å². The van der Waals surface area contributed by atoms with Crippen LogP contribution in [0.25, 0.3) is 39.4 Å². The number of benzene rings is 4. The molecule has 0 bridgehead atoms. The molecule has 1 aromatic heterocycles. The number of hydrogen-bond acceptors (Lipinski definition) is 7. The second kappa shape index (κ2) is 14.4. The van der Waals surface area contributed by atoms with Gasteiger partial charge < -0.3 is 14.1 Å².